The third-order valence-electron chi connectivity index (χ3n) is 2.21. The molecule has 0 aliphatic rings. The van der Waals surface area contributed by atoms with Crippen molar-refractivity contribution < 1.29 is 9.53 Å². The Morgan fingerprint density at radius 2 is 2.25 bits per heavy atom. The minimum absolute atomic E-state index is 0.236. The molecule has 0 unspecified atom stereocenters. The molecule has 0 atom stereocenters. The molecule has 2 rings (SSSR count). The number of methoxy groups -OCH3 is 1. The highest BCUT2D eigenvalue weighted by Crippen LogP contribution is 2.27. The van der Waals surface area contributed by atoms with E-state index in [2.05, 4.69) is 25.7 Å². The van der Waals surface area contributed by atoms with E-state index >= 15 is 0 Å². The van der Waals surface area contributed by atoms with Gasteiger partial charge in [0, 0.05) is 9.86 Å². The second-order valence-corrected chi connectivity index (χ2v) is 4.08. The van der Waals surface area contributed by atoms with Crippen molar-refractivity contribution in [2.45, 2.75) is 0 Å². The SMILES string of the molecule is COC(=O)c1cc(Br)c2cccc(N)c2n1. The summed E-state index contributed by atoms with van der Waals surface area (Å²) in [5.74, 6) is -0.481. The van der Waals surface area contributed by atoms with E-state index in [1.54, 1.807) is 12.1 Å². The number of anilines is 1. The van der Waals surface area contributed by atoms with Crippen molar-refractivity contribution >= 4 is 38.5 Å². The van der Waals surface area contributed by atoms with Crippen molar-refractivity contribution in [2.75, 3.05) is 12.8 Å². The quantitative estimate of drug-likeness (QED) is 0.643. The first-order valence-corrected chi connectivity index (χ1v) is 5.36. The molecule has 0 aliphatic heterocycles. The number of nitrogens with two attached hydrogens (primary N) is 1. The number of benzene rings is 1. The number of nitrogen functional groups attached to an aromatic ring is 1. The van der Waals surface area contributed by atoms with E-state index in [9.17, 15) is 4.79 Å². The van der Waals surface area contributed by atoms with Crippen LogP contribution in [0.2, 0.25) is 0 Å². The zero-order valence-corrected chi connectivity index (χ0v) is 10.1. The predicted molar refractivity (Wildman–Crippen MR) is 65.2 cm³/mol. The van der Waals surface area contributed by atoms with E-state index in [4.69, 9.17) is 5.73 Å². The summed E-state index contributed by atoms with van der Waals surface area (Å²) < 4.78 is 5.39. The molecule has 1 aromatic heterocycles. The summed E-state index contributed by atoms with van der Waals surface area (Å²) in [6.07, 6.45) is 0. The molecule has 0 saturated heterocycles. The van der Waals surface area contributed by atoms with Gasteiger partial charge in [-0.05, 0) is 12.1 Å². The number of fused-ring (bicyclic) bond motifs is 1. The summed E-state index contributed by atoms with van der Waals surface area (Å²) >= 11 is 3.38. The van der Waals surface area contributed by atoms with Crippen molar-refractivity contribution in [3.8, 4) is 0 Å². The molecule has 0 bridgehead atoms. The number of nitrogens with zero attached hydrogens (tertiary/aromatic N) is 1. The van der Waals surface area contributed by atoms with Gasteiger partial charge in [-0.2, -0.15) is 0 Å². The Labute approximate surface area is 101 Å². The van der Waals surface area contributed by atoms with Gasteiger partial charge in [-0.15, -0.1) is 0 Å². The van der Waals surface area contributed by atoms with Gasteiger partial charge in [0.25, 0.3) is 0 Å². The first-order chi connectivity index (χ1) is 7.63. The Morgan fingerprint density at radius 3 is 2.94 bits per heavy atom. The standard InChI is InChI=1S/C11H9BrN2O2/c1-16-11(15)9-5-7(12)6-3-2-4-8(13)10(6)14-9/h2-5H,13H2,1H3. The largest absolute Gasteiger partial charge is 0.464 e. The Balaban J connectivity index is 2.75. The average molecular weight is 281 g/mol. The second-order valence-electron chi connectivity index (χ2n) is 3.22. The lowest BCUT2D eigenvalue weighted by Gasteiger charge is -2.05. The number of hydrogen-bond donors (Lipinski definition) is 1. The molecule has 1 heterocycles. The molecular formula is C11H9BrN2O2. The molecule has 16 heavy (non-hydrogen) atoms. The monoisotopic (exact) mass is 280 g/mol. The molecule has 0 fully saturated rings. The maximum atomic E-state index is 11.4. The summed E-state index contributed by atoms with van der Waals surface area (Å²) in [6, 6.07) is 7.07. The summed E-state index contributed by atoms with van der Waals surface area (Å²) in [7, 11) is 1.32. The summed E-state index contributed by atoms with van der Waals surface area (Å²) in [5, 5.41) is 0.868. The zero-order valence-electron chi connectivity index (χ0n) is 8.53. The Hall–Kier alpha value is -1.62. The fraction of sp³-hybridized carbons (Fsp3) is 0.0909. The van der Waals surface area contributed by atoms with Gasteiger partial charge in [0.05, 0.1) is 18.3 Å². The first-order valence-electron chi connectivity index (χ1n) is 4.56. The summed E-state index contributed by atoms with van der Waals surface area (Å²) in [5.41, 5.74) is 7.16. The topological polar surface area (TPSA) is 65.2 Å². The molecule has 2 N–H and O–H groups in total. The van der Waals surface area contributed by atoms with Gasteiger partial charge in [-0.3, -0.25) is 0 Å². The van der Waals surface area contributed by atoms with Crippen LogP contribution in [0.5, 0.6) is 0 Å². The van der Waals surface area contributed by atoms with E-state index in [-0.39, 0.29) is 5.69 Å². The third-order valence-corrected chi connectivity index (χ3v) is 2.87. The van der Waals surface area contributed by atoms with Crippen LogP contribution in [0.1, 0.15) is 10.5 Å². The van der Waals surface area contributed by atoms with Crippen LogP contribution in [0.15, 0.2) is 28.7 Å². The lowest BCUT2D eigenvalue weighted by molar-refractivity contribution is 0.0594. The molecule has 0 saturated carbocycles. The van der Waals surface area contributed by atoms with Crippen LogP contribution in [0.3, 0.4) is 0 Å². The number of pyridine rings is 1. The number of rotatable bonds is 1. The van der Waals surface area contributed by atoms with E-state index in [0.29, 0.717) is 11.2 Å². The van der Waals surface area contributed by atoms with E-state index in [1.165, 1.54) is 7.11 Å². The number of hydrogen-bond acceptors (Lipinski definition) is 4. The second kappa shape index (κ2) is 4.09. The number of aromatic nitrogens is 1. The van der Waals surface area contributed by atoms with Gasteiger partial charge < -0.3 is 10.5 Å². The van der Waals surface area contributed by atoms with Crippen molar-refractivity contribution in [3.63, 3.8) is 0 Å². The normalized spacial score (nSPS) is 10.4. The van der Waals surface area contributed by atoms with Crippen LogP contribution < -0.4 is 5.73 Å². The van der Waals surface area contributed by atoms with Gasteiger partial charge in [0.15, 0.2) is 0 Å². The molecule has 0 aliphatic carbocycles. The fourth-order valence-corrected chi connectivity index (χ4v) is 1.98. The number of para-hydroxylation sites is 1. The molecule has 0 radical (unpaired) electrons. The summed E-state index contributed by atoms with van der Waals surface area (Å²) in [4.78, 5) is 15.6. The molecular weight excluding hydrogens is 272 g/mol. The Bertz CT molecular complexity index is 569. The number of carbonyl (C=O) groups is 1. The molecule has 5 heteroatoms. The van der Waals surface area contributed by atoms with Gasteiger partial charge in [0.1, 0.15) is 5.69 Å². The fourth-order valence-electron chi connectivity index (χ4n) is 1.44. The molecule has 0 amide bonds. The van der Waals surface area contributed by atoms with E-state index < -0.39 is 5.97 Å². The lowest BCUT2D eigenvalue weighted by atomic mass is 10.2. The highest BCUT2D eigenvalue weighted by molar-refractivity contribution is 9.10. The number of halogens is 1. The maximum Gasteiger partial charge on any atom is 0.356 e. The van der Waals surface area contributed by atoms with Crippen molar-refractivity contribution in [2.24, 2.45) is 0 Å². The average Bonchev–Trinajstić information content (AvgIpc) is 2.29. The molecule has 2 aromatic rings. The number of ether oxygens (including phenoxy) is 1. The predicted octanol–water partition coefficient (Wildman–Crippen LogP) is 2.37. The van der Waals surface area contributed by atoms with Crippen molar-refractivity contribution in [3.05, 3.63) is 34.4 Å². The van der Waals surface area contributed by atoms with Crippen LogP contribution in [0.4, 0.5) is 5.69 Å². The number of esters is 1. The minimum atomic E-state index is -0.481. The third kappa shape index (κ3) is 1.74. The molecule has 0 spiro atoms. The summed E-state index contributed by atoms with van der Waals surface area (Å²) in [6.45, 7) is 0. The van der Waals surface area contributed by atoms with Gasteiger partial charge in [-0.25, -0.2) is 9.78 Å². The highest BCUT2D eigenvalue weighted by Gasteiger charge is 2.12. The molecule has 82 valence electrons. The van der Waals surface area contributed by atoms with Crippen molar-refractivity contribution in [1.82, 2.24) is 4.98 Å². The smallest absolute Gasteiger partial charge is 0.356 e. The minimum Gasteiger partial charge on any atom is -0.464 e. The van der Waals surface area contributed by atoms with Crippen LogP contribution in [0.25, 0.3) is 10.9 Å². The van der Waals surface area contributed by atoms with E-state index in [1.807, 2.05) is 12.1 Å². The van der Waals surface area contributed by atoms with Crippen LogP contribution in [-0.4, -0.2) is 18.1 Å². The Kier molecular flexibility index (Phi) is 2.78. The van der Waals surface area contributed by atoms with Crippen LogP contribution in [0, 0.1) is 0 Å². The van der Waals surface area contributed by atoms with Gasteiger partial charge >= 0.3 is 5.97 Å². The molecule has 1 aromatic carbocycles. The van der Waals surface area contributed by atoms with Gasteiger partial charge in [-0.1, -0.05) is 28.1 Å². The zero-order chi connectivity index (χ0) is 11.7. The highest BCUT2D eigenvalue weighted by atomic mass is 79.9. The van der Waals surface area contributed by atoms with Crippen LogP contribution in [-0.2, 0) is 4.74 Å². The van der Waals surface area contributed by atoms with Crippen molar-refractivity contribution in [1.29, 1.82) is 0 Å². The number of carbonyl (C=O) groups excluding carboxylic acids is 1. The van der Waals surface area contributed by atoms with Crippen LogP contribution >= 0.6 is 15.9 Å². The Morgan fingerprint density at radius 1 is 1.50 bits per heavy atom. The lowest BCUT2D eigenvalue weighted by Crippen LogP contribution is -2.05. The first kappa shape index (κ1) is 10.9. The van der Waals surface area contributed by atoms with E-state index in [0.717, 1.165) is 9.86 Å². The van der Waals surface area contributed by atoms with Gasteiger partial charge in [0.2, 0.25) is 0 Å². The molecule has 4 nitrogen and oxygen atoms in total. The maximum absolute atomic E-state index is 11.4.